The predicted molar refractivity (Wildman–Crippen MR) is 83.6 cm³/mol. The molecular weight excluding hydrogens is 329 g/mol. The number of amides is 2. The standard InChI is InChI=1S/C15H19F3N2O2S/c1-20(10-12-6-2-3-8-22-12)14(21)19-11-5-4-7-13(9-11)23-15(16,17)18/h4-5,7,9,12H,2-3,6,8,10H2,1H3,(H,19,21)/t12-/m0/s1. The molecule has 4 nitrogen and oxygen atoms in total. The number of thioether (sulfide) groups is 1. The first-order chi connectivity index (χ1) is 10.8. The van der Waals surface area contributed by atoms with Crippen LogP contribution in [-0.2, 0) is 4.74 Å². The molecule has 1 aliphatic heterocycles. The summed E-state index contributed by atoms with van der Waals surface area (Å²) < 4.78 is 42.7. The smallest absolute Gasteiger partial charge is 0.376 e. The summed E-state index contributed by atoms with van der Waals surface area (Å²) in [5.74, 6) is 0. The largest absolute Gasteiger partial charge is 0.446 e. The maximum absolute atomic E-state index is 12.4. The van der Waals surface area contributed by atoms with Gasteiger partial charge in [-0.2, -0.15) is 13.2 Å². The summed E-state index contributed by atoms with van der Waals surface area (Å²) in [7, 11) is 1.64. The molecule has 128 valence electrons. The van der Waals surface area contributed by atoms with Crippen molar-refractivity contribution in [1.82, 2.24) is 4.90 Å². The van der Waals surface area contributed by atoms with E-state index in [9.17, 15) is 18.0 Å². The highest BCUT2D eigenvalue weighted by Crippen LogP contribution is 2.37. The summed E-state index contributed by atoms with van der Waals surface area (Å²) in [5.41, 5.74) is -4.02. The van der Waals surface area contributed by atoms with Crippen LogP contribution in [0, 0.1) is 0 Å². The first-order valence-corrected chi connectivity index (χ1v) is 8.15. The van der Waals surface area contributed by atoms with Crippen LogP contribution < -0.4 is 5.32 Å². The molecule has 0 unspecified atom stereocenters. The van der Waals surface area contributed by atoms with E-state index < -0.39 is 5.51 Å². The number of nitrogens with zero attached hydrogens (tertiary/aromatic N) is 1. The molecule has 0 saturated carbocycles. The van der Waals surface area contributed by atoms with Crippen LogP contribution >= 0.6 is 11.8 Å². The van der Waals surface area contributed by atoms with Gasteiger partial charge in [-0.3, -0.25) is 0 Å². The van der Waals surface area contributed by atoms with Crippen LogP contribution in [0.5, 0.6) is 0 Å². The molecule has 0 spiro atoms. The van der Waals surface area contributed by atoms with Gasteiger partial charge in [0.05, 0.1) is 6.10 Å². The number of halogens is 3. The van der Waals surface area contributed by atoms with Crippen LogP contribution in [0.15, 0.2) is 29.2 Å². The van der Waals surface area contributed by atoms with Gasteiger partial charge in [0.2, 0.25) is 0 Å². The van der Waals surface area contributed by atoms with Gasteiger partial charge in [-0.1, -0.05) is 6.07 Å². The fourth-order valence-corrected chi connectivity index (χ4v) is 2.93. The number of carbonyl (C=O) groups excluding carboxylic acids is 1. The Bertz CT molecular complexity index is 534. The number of rotatable bonds is 4. The summed E-state index contributed by atoms with van der Waals surface area (Å²) in [4.78, 5) is 13.6. The van der Waals surface area contributed by atoms with Gasteiger partial charge < -0.3 is 15.0 Å². The third kappa shape index (κ3) is 6.31. The van der Waals surface area contributed by atoms with Gasteiger partial charge in [-0.15, -0.1) is 0 Å². The van der Waals surface area contributed by atoms with E-state index in [4.69, 9.17) is 4.74 Å². The van der Waals surface area contributed by atoms with Gasteiger partial charge in [0.15, 0.2) is 0 Å². The normalized spacial score (nSPS) is 18.5. The van der Waals surface area contributed by atoms with Crippen molar-refractivity contribution in [2.75, 3.05) is 25.5 Å². The Labute approximate surface area is 137 Å². The van der Waals surface area contributed by atoms with E-state index >= 15 is 0 Å². The molecule has 1 N–H and O–H groups in total. The van der Waals surface area contributed by atoms with Crippen molar-refractivity contribution in [3.63, 3.8) is 0 Å². The van der Waals surface area contributed by atoms with Gasteiger partial charge in [-0.25, -0.2) is 4.79 Å². The number of likely N-dealkylation sites (N-methyl/N-ethyl adjacent to an activating group) is 1. The molecule has 2 amide bonds. The second-order valence-corrected chi connectivity index (χ2v) is 6.51. The number of alkyl halides is 3. The van der Waals surface area contributed by atoms with Gasteiger partial charge in [0, 0.05) is 30.8 Å². The molecule has 1 fully saturated rings. The van der Waals surface area contributed by atoms with Gasteiger partial charge >= 0.3 is 11.5 Å². The topological polar surface area (TPSA) is 41.6 Å². The minimum Gasteiger partial charge on any atom is -0.376 e. The number of carbonyl (C=O) groups is 1. The van der Waals surface area contributed by atoms with Crippen LogP contribution in [-0.4, -0.2) is 42.7 Å². The van der Waals surface area contributed by atoms with E-state index in [-0.39, 0.29) is 28.8 Å². The van der Waals surface area contributed by atoms with E-state index in [1.807, 2.05) is 0 Å². The zero-order valence-corrected chi connectivity index (χ0v) is 13.5. The molecule has 0 bridgehead atoms. The molecule has 1 atom stereocenters. The lowest BCUT2D eigenvalue weighted by atomic mass is 10.1. The Morgan fingerprint density at radius 1 is 1.43 bits per heavy atom. The summed E-state index contributed by atoms with van der Waals surface area (Å²) >= 11 is -0.206. The molecule has 1 saturated heterocycles. The molecule has 0 aliphatic carbocycles. The molecule has 23 heavy (non-hydrogen) atoms. The minimum absolute atomic E-state index is 0.0200. The molecule has 2 rings (SSSR count). The maximum atomic E-state index is 12.4. The third-order valence-corrected chi connectivity index (χ3v) is 4.14. The van der Waals surface area contributed by atoms with E-state index in [1.165, 1.54) is 23.1 Å². The summed E-state index contributed by atoms with van der Waals surface area (Å²) in [6, 6.07) is 5.33. The lowest BCUT2D eigenvalue weighted by Crippen LogP contribution is -2.39. The molecule has 1 aromatic rings. The van der Waals surface area contributed by atoms with E-state index in [2.05, 4.69) is 5.32 Å². The van der Waals surface area contributed by atoms with Crippen LogP contribution in [0.1, 0.15) is 19.3 Å². The lowest BCUT2D eigenvalue weighted by molar-refractivity contribution is -0.0328. The predicted octanol–water partition coefficient (Wildman–Crippen LogP) is 4.33. The van der Waals surface area contributed by atoms with Crippen molar-refractivity contribution >= 4 is 23.5 Å². The van der Waals surface area contributed by atoms with Crippen LogP contribution in [0.3, 0.4) is 0 Å². The zero-order chi connectivity index (χ0) is 16.9. The number of hydrogen-bond acceptors (Lipinski definition) is 3. The zero-order valence-electron chi connectivity index (χ0n) is 12.7. The van der Waals surface area contributed by atoms with Crippen molar-refractivity contribution in [2.45, 2.75) is 35.8 Å². The highest BCUT2D eigenvalue weighted by atomic mass is 32.2. The van der Waals surface area contributed by atoms with Crippen molar-refractivity contribution in [3.05, 3.63) is 24.3 Å². The highest BCUT2D eigenvalue weighted by molar-refractivity contribution is 8.00. The number of urea groups is 1. The van der Waals surface area contributed by atoms with Gasteiger partial charge in [0.25, 0.3) is 0 Å². The van der Waals surface area contributed by atoms with Crippen molar-refractivity contribution in [3.8, 4) is 0 Å². The first-order valence-electron chi connectivity index (χ1n) is 7.33. The summed E-state index contributed by atoms with van der Waals surface area (Å²) in [6.07, 6.45) is 3.05. The molecule has 1 aromatic carbocycles. The SMILES string of the molecule is CN(C[C@@H]1CCCCO1)C(=O)Nc1cccc(SC(F)(F)F)c1. The number of nitrogens with one attached hydrogen (secondary N) is 1. The molecule has 8 heteroatoms. The van der Waals surface area contributed by atoms with Gasteiger partial charge in [-0.05, 0) is 49.2 Å². The number of anilines is 1. The Balaban J connectivity index is 1.90. The Morgan fingerprint density at radius 2 is 2.22 bits per heavy atom. The Kier molecular flexibility index (Phi) is 6.17. The highest BCUT2D eigenvalue weighted by Gasteiger charge is 2.29. The maximum Gasteiger partial charge on any atom is 0.446 e. The van der Waals surface area contributed by atoms with Crippen molar-refractivity contribution in [1.29, 1.82) is 0 Å². The summed E-state index contributed by atoms with van der Waals surface area (Å²) in [5, 5.41) is 2.61. The van der Waals surface area contributed by atoms with E-state index in [1.54, 1.807) is 13.1 Å². The molecule has 0 radical (unpaired) electrons. The second kappa shape index (κ2) is 7.92. The fraction of sp³-hybridized carbons (Fsp3) is 0.533. The van der Waals surface area contributed by atoms with Crippen molar-refractivity contribution < 1.29 is 22.7 Å². The average molecular weight is 348 g/mol. The second-order valence-electron chi connectivity index (χ2n) is 5.37. The first kappa shape index (κ1) is 17.9. The molecule has 1 heterocycles. The molecule has 1 aliphatic rings. The quantitative estimate of drug-likeness (QED) is 0.824. The Hall–Kier alpha value is -1.41. The monoisotopic (exact) mass is 348 g/mol. The Morgan fingerprint density at radius 3 is 2.87 bits per heavy atom. The summed E-state index contributed by atoms with van der Waals surface area (Å²) in [6.45, 7) is 1.17. The number of ether oxygens (including phenoxy) is 1. The van der Waals surface area contributed by atoms with E-state index in [0.29, 0.717) is 18.8 Å². The lowest BCUT2D eigenvalue weighted by Gasteiger charge is -2.27. The van der Waals surface area contributed by atoms with Crippen LogP contribution in [0.25, 0.3) is 0 Å². The minimum atomic E-state index is -4.35. The average Bonchev–Trinajstić information content (AvgIpc) is 2.46. The third-order valence-electron chi connectivity index (χ3n) is 3.42. The van der Waals surface area contributed by atoms with Gasteiger partial charge in [0.1, 0.15) is 0 Å². The van der Waals surface area contributed by atoms with Crippen molar-refractivity contribution in [2.24, 2.45) is 0 Å². The number of hydrogen-bond donors (Lipinski definition) is 1. The van der Waals surface area contributed by atoms with Crippen LogP contribution in [0.2, 0.25) is 0 Å². The number of benzene rings is 1. The van der Waals surface area contributed by atoms with E-state index in [0.717, 1.165) is 19.3 Å². The molecular formula is C15H19F3N2O2S. The molecule has 0 aromatic heterocycles. The van der Waals surface area contributed by atoms with Crippen LogP contribution in [0.4, 0.5) is 23.7 Å². The fourth-order valence-electron chi connectivity index (χ4n) is 2.33.